The lowest BCUT2D eigenvalue weighted by atomic mass is 9.86. The number of rotatable bonds is 5. The highest BCUT2D eigenvalue weighted by Crippen LogP contribution is 2.47. The van der Waals surface area contributed by atoms with Crippen molar-refractivity contribution in [2.75, 3.05) is 33.7 Å². The molecule has 0 aliphatic carbocycles. The molecule has 2 aliphatic heterocycles. The lowest BCUT2D eigenvalue weighted by Crippen LogP contribution is -2.36. The van der Waals surface area contributed by atoms with Crippen LogP contribution in [-0.4, -0.2) is 53.8 Å². The molecule has 520 valence electrons. The number of hydrogen-bond donors (Lipinski definition) is 0. The van der Waals surface area contributed by atoms with Crippen LogP contribution in [0.4, 0.5) is 34.1 Å². The summed E-state index contributed by atoms with van der Waals surface area (Å²) in [6.07, 6.45) is 4.97. The summed E-state index contributed by atoms with van der Waals surface area (Å²) < 4.78 is 13.8. The molecule has 11 aromatic carbocycles. The fourth-order valence-corrected chi connectivity index (χ4v) is 16.1. The van der Waals surface area contributed by atoms with Crippen LogP contribution in [0.5, 0.6) is 0 Å². The Hall–Kier alpha value is -11.9. The van der Waals surface area contributed by atoms with E-state index in [0.29, 0.717) is 12.3 Å². The van der Waals surface area contributed by atoms with Gasteiger partial charge in [-0.05, 0) is 178 Å². The summed E-state index contributed by atoms with van der Waals surface area (Å²) in [7, 11) is 10.7. The normalized spacial score (nSPS) is 14.0. The number of anilines is 6. The smallest absolute Gasteiger partial charge is 0.126 e. The second-order valence-corrected chi connectivity index (χ2v) is 29.2. The van der Waals surface area contributed by atoms with Crippen molar-refractivity contribution in [3.05, 3.63) is 319 Å². The number of nitrogens with zero attached hydrogens (tertiary/aromatic N) is 10. The van der Waals surface area contributed by atoms with Crippen LogP contribution in [0.25, 0.3) is 93.8 Å². The Bertz CT molecular complexity index is 6030. The van der Waals surface area contributed by atoms with Gasteiger partial charge in [0.05, 0.1) is 56.2 Å². The zero-order valence-electron chi connectivity index (χ0n) is 62.8. The third-order valence-corrected chi connectivity index (χ3v) is 21.8. The predicted octanol–water partition coefficient (Wildman–Crippen LogP) is 23.6. The Balaban J connectivity index is 0.000000105. The summed E-state index contributed by atoms with van der Waals surface area (Å²) in [5.41, 5.74) is 28.4. The summed E-state index contributed by atoms with van der Waals surface area (Å²) in [6.45, 7) is 22.2. The molecule has 19 rings (SSSR count). The molecule has 0 saturated heterocycles. The second-order valence-electron chi connectivity index (χ2n) is 29.2. The SMILES string of the molecule is Cc1ccc(C(C)(C)C)cc1N1c2ccccc2N(C)[C@@H]1C.Cc1ccccc1-n1c2ccccc2c2c3ccccc3n(C)c21.Cc1ccccc1-n1c2ccccc2c2ccn(C)c21.Cc1ccccc1-n1ccc2c3ccccc3n(C)c21.Cc1ccccc1N1c2ccccc2N(C)[C@@H]1C. The third-order valence-electron chi connectivity index (χ3n) is 21.8. The van der Waals surface area contributed by atoms with Crippen molar-refractivity contribution in [3.63, 3.8) is 0 Å². The standard InChI is InChI=1S/C22H18N2.C20H26N2.2C18H16N2.C16H18N2/c1-15-9-3-6-12-18(15)24-20-14-8-5-11-17(20)21-16-10-4-7-13-19(16)23(2)22(21)24;1-14-11-12-16(20(3,4)5)13-19(14)22-15(2)21(6)17-9-7-8-10-18(17)22;1-13-7-3-5-9-16(13)20-12-11-15-14-8-4-6-10-17(14)19(2)18(15)20;1-13-7-3-5-9-16(13)20-17-10-6-4-8-14(17)15-11-12-19(2)18(15)20;1-12-8-4-5-9-14(12)18-13(2)17(3)15-10-6-7-11-16(15)18/h3-14H,1-2H3;7-13,15H,1-6H3;2*3-12H,1-2H3;4-11,13H,1-3H3/t;15-;;;13-/m.0..0/s1. The molecular weight excluding hydrogens is 1270 g/mol. The van der Waals surface area contributed by atoms with Gasteiger partial charge in [-0.1, -0.05) is 203 Å². The Morgan fingerprint density at radius 3 is 1.13 bits per heavy atom. The van der Waals surface area contributed by atoms with Gasteiger partial charge in [-0.15, -0.1) is 0 Å². The summed E-state index contributed by atoms with van der Waals surface area (Å²) in [5, 5.41) is 9.22. The number of benzene rings is 11. The van der Waals surface area contributed by atoms with E-state index in [0.717, 1.165) is 0 Å². The first kappa shape index (κ1) is 67.9. The maximum absolute atomic E-state index is 2.46. The van der Waals surface area contributed by atoms with E-state index in [9.17, 15) is 0 Å². The van der Waals surface area contributed by atoms with Gasteiger partial charge >= 0.3 is 0 Å². The van der Waals surface area contributed by atoms with E-state index < -0.39 is 0 Å². The van der Waals surface area contributed by atoms with Crippen molar-refractivity contribution in [2.24, 2.45) is 21.1 Å². The van der Waals surface area contributed by atoms with Gasteiger partial charge < -0.3 is 37.9 Å². The number of para-hydroxylation sites is 12. The van der Waals surface area contributed by atoms with E-state index in [2.05, 4.69) is 437 Å². The minimum absolute atomic E-state index is 0.164. The van der Waals surface area contributed by atoms with Crippen LogP contribution >= 0.6 is 0 Å². The van der Waals surface area contributed by atoms with E-state index in [1.807, 2.05) is 0 Å². The number of hydrogen-bond acceptors (Lipinski definition) is 4. The van der Waals surface area contributed by atoms with Gasteiger partial charge in [0, 0.05) is 102 Å². The molecule has 2 atom stereocenters. The number of aromatic nitrogens is 6. The molecule has 0 bridgehead atoms. The van der Waals surface area contributed by atoms with Crippen LogP contribution in [0.1, 0.15) is 68.0 Å². The molecule has 6 aromatic heterocycles. The first-order chi connectivity index (χ1) is 50.3. The third kappa shape index (κ3) is 11.7. The van der Waals surface area contributed by atoms with Gasteiger partial charge in [-0.2, -0.15) is 0 Å². The quantitative estimate of drug-likeness (QED) is 0.172. The predicted molar refractivity (Wildman–Crippen MR) is 445 cm³/mol. The molecule has 0 N–H and O–H groups in total. The highest BCUT2D eigenvalue weighted by molar-refractivity contribution is 6.22. The summed E-state index contributed by atoms with van der Waals surface area (Å²) in [6, 6.07) is 97.3. The second kappa shape index (κ2) is 27.5. The average Bonchev–Trinajstić information content (AvgIpc) is 1.55. The molecule has 2 aliphatic rings. The summed E-state index contributed by atoms with van der Waals surface area (Å²) in [5.74, 6) is 0. The molecule has 104 heavy (non-hydrogen) atoms. The first-order valence-electron chi connectivity index (χ1n) is 36.4. The van der Waals surface area contributed by atoms with Gasteiger partial charge in [-0.3, -0.25) is 9.13 Å². The fourth-order valence-electron chi connectivity index (χ4n) is 16.1. The zero-order chi connectivity index (χ0) is 72.4. The van der Waals surface area contributed by atoms with Crippen LogP contribution in [0.15, 0.2) is 285 Å². The van der Waals surface area contributed by atoms with Crippen LogP contribution in [-0.2, 0) is 26.6 Å². The van der Waals surface area contributed by atoms with Crippen LogP contribution < -0.4 is 19.6 Å². The molecule has 17 aromatic rings. The molecular formula is C94H94N10. The van der Waals surface area contributed by atoms with Gasteiger partial charge in [0.2, 0.25) is 0 Å². The van der Waals surface area contributed by atoms with E-state index in [-0.39, 0.29) is 5.41 Å². The van der Waals surface area contributed by atoms with Gasteiger partial charge in [0.1, 0.15) is 29.3 Å². The van der Waals surface area contributed by atoms with Crippen molar-refractivity contribution in [1.82, 2.24) is 27.4 Å². The van der Waals surface area contributed by atoms with Crippen molar-refractivity contribution < 1.29 is 0 Å². The molecule has 8 heterocycles. The lowest BCUT2D eigenvalue weighted by Gasteiger charge is -2.30. The van der Waals surface area contributed by atoms with Crippen molar-refractivity contribution in [2.45, 2.75) is 87.0 Å². The summed E-state index contributed by atoms with van der Waals surface area (Å²) >= 11 is 0. The maximum Gasteiger partial charge on any atom is 0.126 e. The molecule has 10 heteroatoms. The van der Waals surface area contributed by atoms with Crippen molar-refractivity contribution in [3.8, 4) is 17.1 Å². The minimum Gasteiger partial charge on any atom is -0.353 e. The Morgan fingerprint density at radius 1 is 0.279 bits per heavy atom. The Kier molecular flexibility index (Phi) is 17.9. The van der Waals surface area contributed by atoms with Gasteiger partial charge in [0.15, 0.2) is 0 Å². The molecule has 0 amide bonds. The highest BCUT2D eigenvalue weighted by Gasteiger charge is 2.34. The lowest BCUT2D eigenvalue weighted by molar-refractivity contribution is 0.589. The molecule has 10 nitrogen and oxygen atoms in total. The molecule has 0 spiro atoms. The maximum atomic E-state index is 2.46. The van der Waals surface area contributed by atoms with E-state index in [1.165, 1.54) is 161 Å². The number of fused-ring (bicyclic) bond motifs is 13. The zero-order valence-corrected chi connectivity index (χ0v) is 62.8. The summed E-state index contributed by atoms with van der Waals surface area (Å²) in [4.78, 5) is 9.53. The Morgan fingerprint density at radius 2 is 0.625 bits per heavy atom. The van der Waals surface area contributed by atoms with Gasteiger partial charge in [0.25, 0.3) is 0 Å². The van der Waals surface area contributed by atoms with Crippen LogP contribution in [0.3, 0.4) is 0 Å². The highest BCUT2D eigenvalue weighted by atomic mass is 15.4. The Labute approximate surface area is 612 Å². The molecule has 0 radical (unpaired) electrons. The van der Waals surface area contributed by atoms with Gasteiger partial charge in [-0.25, -0.2) is 0 Å². The molecule has 0 fully saturated rings. The first-order valence-corrected chi connectivity index (χ1v) is 36.4. The van der Waals surface area contributed by atoms with Crippen LogP contribution in [0.2, 0.25) is 0 Å². The topological polar surface area (TPSA) is 42.5 Å². The van der Waals surface area contributed by atoms with Crippen molar-refractivity contribution in [1.29, 1.82) is 0 Å². The average molecular weight is 1360 g/mol. The largest absolute Gasteiger partial charge is 0.353 e. The van der Waals surface area contributed by atoms with E-state index in [1.54, 1.807) is 0 Å². The van der Waals surface area contributed by atoms with E-state index in [4.69, 9.17) is 0 Å². The van der Waals surface area contributed by atoms with Crippen LogP contribution in [0, 0.1) is 34.6 Å². The minimum atomic E-state index is 0.164. The van der Waals surface area contributed by atoms with E-state index >= 15 is 0 Å². The van der Waals surface area contributed by atoms with Crippen molar-refractivity contribution >= 4 is 111 Å². The number of aryl methyl sites for hydroxylation is 8. The monoisotopic (exact) mass is 1360 g/mol. The molecule has 0 unspecified atom stereocenters. The molecule has 0 saturated carbocycles. The fraction of sp³-hybridized carbons (Fsp3) is 0.191.